The van der Waals surface area contributed by atoms with Crippen molar-refractivity contribution in [2.24, 2.45) is 28.6 Å². The van der Waals surface area contributed by atoms with Gasteiger partial charge in [0.15, 0.2) is 6.61 Å². The van der Waals surface area contributed by atoms with Gasteiger partial charge < -0.3 is 9.64 Å². The molecule has 1 saturated carbocycles. The van der Waals surface area contributed by atoms with Crippen molar-refractivity contribution in [1.29, 1.82) is 0 Å². The van der Waals surface area contributed by atoms with Crippen molar-refractivity contribution < 1.29 is 22.7 Å². The third-order valence-electron chi connectivity index (χ3n) is 8.36. The standard InChI is InChI=1S/C25H32F3NO2/c1-17-7-6-10-23(3)22(17)18(2)15-24(23)11-13-29(14-12-24)21(30)16-31-20-9-5-4-8-19(20)25(26,27)28/h4-6,8-10,17-18,22H,7,11-16H2,1-3H3/t17?,18?,22?,23-/m1/s1. The van der Waals surface area contributed by atoms with E-state index in [0.717, 1.165) is 25.3 Å². The molecule has 1 aromatic carbocycles. The average molecular weight is 436 g/mol. The molecule has 1 heterocycles. The van der Waals surface area contributed by atoms with E-state index in [9.17, 15) is 18.0 Å². The molecule has 1 spiro atoms. The predicted octanol–water partition coefficient (Wildman–Crippen LogP) is 5.95. The third-order valence-corrected chi connectivity index (χ3v) is 8.36. The molecule has 4 atom stereocenters. The number of para-hydroxylation sites is 1. The summed E-state index contributed by atoms with van der Waals surface area (Å²) in [5, 5.41) is 0. The highest BCUT2D eigenvalue weighted by molar-refractivity contribution is 5.78. The first kappa shape index (κ1) is 22.2. The van der Waals surface area contributed by atoms with Gasteiger partial charge in [-0.05, 0) is 66.4 Å². The lowest BCUT2D eigenvalue weighted by atomic mass is 9.55. The van der Waals surface area contributed by atoms with E-state index in [4.69, 9.17) is 4.74 Å². The smallest absolute Gasteiger partial charge is 0.419 e. The van der Waals surface area contributed by atoms with Gasteiger partial charge in [0.25, 0.3) is 5.91 Å². The fourth-order valence-corrected chi connectivity index (χ4v) is 7.01. The molecule has 3 nitrogen and oxygen atoms in total. The molecule has 3 aliphatic rings. The van der Waals surface area contributed by atoms with Crippen molar-refractivity contribution in [2.45, 2.75) is 52.6 Å². The number of allylic oxidation sites excluding steroid dienone is 2. The fourth-order valence-electron chi connectivity index (χ4n) is 7.01. The molecule has 1 aromatic rings. The van der Waals surface area contributed by atoms with Crippen LogP contribution in [0.4, 0.5) is 13.2 Å². The first-order valence-electron chi connectivity index (χ1n) is 11.3. The number of piperidine rings is 1. The predicted molar refractivity (Wildman–Crippen MR) is 113 cm³/mol. The zero-order valence-electron chi connectivity index (χ0n) is 18.5. The minimum Gasteiger partial charge on any atom is -0.483 e. The largest absolute Gasteiger partial charge is 0.483 e. The number of rotatable bonds is 3. The molecule has 1 saturated heterocycles. The minimum absolute atomic E-state index is 0.154. The fraction of sp³-hybridized carbons (Fsp3) is 0.640. The lowest BCUT2D eigenvalue weighted by Crippen LogP contribution is -2.50. The Morgan fingerprint density at radius 3 is 2.52 bits per heavy atom. The number of benzene rings is 1. The van der Waals surface area contributed by atoms with Crippen LogP contribution in [-0.2, 0) is 11.0 Å². The van der Waals surface area contributed by atoms with Crippen LogP contribution in [-0.4, -0.2) is 30.5 Å². The maximum Gasteiger partial charge on any atom is 0.419 e. The molecule has 0 bridgehead atoms. The Hall–Kier alpha value is -1.98. The monoisotopic (exact) mass is 435 g/mol. The molecule has 0 N–H and O–H groups in total. The topological polar surface area (TPSA) is 29.5 Å². The van der Waals surface area contributed by atoms with Gasteiger partial charge in [0, 0.05) is 13.1 Å². The van der Waals surface area contributed by atoms with E-state index in [1.54, 1.807) is 4.90 Å². The molecule has 3 unspecified atom stereocenters. The summed E-state index contributed by atoms with van der Waals surface area (Å²) in [6.07, 6.45) is 4.47. The molecule has 4 rings (SSSR count). The maximum absolute atomic E-state index is 13.1. The second-order valence-electron chi connectivity index (χ2n) is 10.0. The van der Waals surface area contributed by atoms with E-state index in [2.05, 4.69) is 32.9 Å². The molecule has 170 valence electrons. The zero-order valence-corrected chi connectivity index (χ0v) is 18.5. The van der Waals surface area contributed by atoms with Crippen molar-refractivity contribution in [3.8, 4) is 5.75 Å². The highest BCUT2D eigenvalue weighted by Gasteiger charge is 2.60. The SMILES string of the molecule is CC1CC=C[C@]2(C)C1C(C)CC21CCN(C(=O)COc2ccccc2C(F)(F)F)CC1. The van der Waals surface area contributed by atoms with Crippen molar-refractivity contribution in [3.63, 3.8) is 0 Å². The number of nitrogens with zero attached hydrogens (tertiary/aromatic N) is 1. The van der Waals surface area contributed by atoms with Gasteiger partial charge in [-0.2, -0.15) is 13.2 Å². The molecular formula is C25H32F3NO2. The van der Waals surface area contributed by atoms with Crippen LogP contribution < -0.4 is 4.74 Å². The molecule has 1 aliphatic heterocycles. The summed E-state index contributed by atoms with van der Waals surface area (Å²) in [6.45, 7) is 8.05. The summed E-state index contributed by atoms with van der Waals surface area (Å²) in [5.41, 5.74) is -0.498. The maximum atomic E-state index is 13.1. The van der Waals surface area contributed by atoms with Crippen molar-refractivity contribution in [3.05, 3.63) is 42.0 Å². The molecule has 2 fully saturated rings. The van der Waals surface area contributed by atoms with Gasteiger partial charge in [0.05, 0.1) is 5.56 Å². The molecule has 0 radical (unpaired) electrons. The van der Waals surface area contributed by atoms with Gasteiger partial charge in [0.1, 0.15) is 5.75 Å². The summed E-state index contributed by atoms with van der Waals surface area (Å²) >= 11 is 0. The number of likely N-dealkylation sites (tertiary alicyclic amines) is 1. The highest BCUT2D eigenvalue weighted by Crippen LogP contribution is 2.67. The Kier molecular flexibility index (Phi) is 5.63. The molecule has 1 amide bonds. The van der Waals surface area contributed by atoms with Crippen LogP contribution in [0.1, 0.15) is 52.0 Å². The first-order valence-corrected chi connectivity index (χ1v) is 11.3. The van der Waals surface area contributed by atoms with Crippen LogP contribution >= 0.6 is 0 Å². The number of carbonyl (C=O) groups is 1. The Balaban J connectivity index is 1.40. The summed E-state index contributed by atoms with van der Waals surface area (Å²) in [5.74, 6) is 1.47. The van der Waals surface area contributed by atoms with Crippen molar-refractivity contribution >= 4 is 5.91 Å². The van der Waals surface area contributed by atoms with Gasteiger partial charge in [-0.25, -0.2) is 0 Å². The Bertz CT molecular complexity index is 857. The molecule has 2 aliphatic carbocycles. The Morgan fingerprint density at radius 1 is 1.16 bits per heavy atom. The molecule has 31 heavy (non-hydrogen) atoms. The minimum atomic E-state index is -4.51. The summed E-state index contributed by atoms with van der Waals surface area (Å²) in [4.78, 5) is 14.5. The number of amides is 1. The van der Waals surface area contributed by atoms with Gasteiger partial charge in [-0.15, -0.1) is 0 Å². The van der Waals surface area contributed by atoms with Crippen LogP contribution in [0.3, 0.4) is 0 Å². The van der Waals surface area contributed by atoms with Crippen LogP contribution in [0.15, 0.2) is 36.4 Å². The van der Waals surface area contributed by atoms with Crippen molar-refractivity contribution in [1.82, 2.24) is 4.90 Å². The van der Waals surface area contributed by atoms with Gasteiger partial charge >= 0.3 is 6.18 Å². The number of halogens is 3. The van der Waals surface area contributed by atoms with Crippen LogP contribution in [0.2, 0.25) is 0 Å². The number of hydrogen-bond acceptors (Lipinski definition) is 2. The summed E-state index contributed by atoms with van der Waals surface area (Å²) < 4.78 is 44.8. The molecule has 0 aromatic heterocycles. The van der Waals surface area contributed by atoms with Gasteiger partial charge in [0.2, 0.25) is 0 Å². The zero-order chi connectivity index (χ0) is 22.4. The Morgan fingerprint density at radius 2 is 1.84 bits per heavy atom. The lowest BCUT2D eigenvalue weighted by molar-refractivity contribution is -0.142. The normalized spacial score (nSPS) is 32.2. The van der Waals surface area contributed by atoms with Gasteiger partial charge in [-0.3, -0.25) is 4.79 Å². The molecule has 6 heteroatoms. The highest BCUT2D eigenvalue weighted by atomic mass is 19.4. The first-order chi connectivity index (χ1) is 14.6. The van der Waals surface area contributed by atoms with E-state index in [1.165, 1.54) is 24.6 Å². The average Bonchev–Trinajstić information content (AvgIpc) is 2.93. The number of hydrogen-bond donors (Lipinski definition) is 0. The van der Waals surface area contributed by atoms with E-state index in [-0.39, 0.29) is 29.1 Å². The number of fused-ring (bicyclic) bond motifs is 2. The second-order valence-corrected chi connectivity index (χ2v) is 10.0. The summed E-state index contributed by atoms with van der Waals surface area (Å²) in [7, 11) is 0. The Labute approximate surface area is 182 Å². The van der Waals surface area contributed by atoms with Crippen LogP contribution in [0.25, 0.3) is 0 Å². The van der Waals surface area contributed by atoms with E-state index < -0.39 is 11.7 Å². The summed E-state index contributed by atoms with van der Waals surface area (Å²) in [6, 6.07) is 5.04. The second kappa shape index (κ2) is 7.86. The van der Waals surface area contributed by atoms with Crippen LogP contribution in [0.5, 0.6) is 5.75 Å². The van der Waals surface area contributed by atoms with E-state index >= 15 is 0 Å². The van der Waals surface area contributed by atoms with Crippen LogP contribution in [0, 0.1) is 28.6 Å². The van der Waals surface area contributed by atoms with E-state index in [1.807, 2.05) is 0 Å². The number of alkyl halides is 3. The van der Waals surface area contributed by atoms with Crippen molar-refractivity contribution in [2.75, 3.05) is 19.7 Å². The van der Waals surface area contributed by atoms with E-state index in [0.29, 0.717) is 30.8 Å². The number of carbonyl (C=O) groups excluding carboxylic acids is 1. The molecular weight excluding hydrogens is 403 g/mol. The lowest BCUT2D eigenvalue weighted by Gasteiger charge is -2.52. The number of ether oxygens (including phenoxy) is 1. The van der Waals surface area contributed by atoms with Gasteiger partial charge in [-0.1, -0.05) is 45.1 Å². The quantitative estimate of drug-likeness (QED) is 0.549. The third kappa shape index (κ3) is 3.76.